The molecule has 310 valence electrons. The number of ether oxygens (including phenoxy) is 4. The Hall–Kier alpha value is -5.08. The first kappa shape index (κ1) is 42.1. The average molecular weight is 820 g/mol. The van der Waals surface area contributed by atoms with Gasteiger partial charge in [0.2, 0.25) is 15.9 Å². The van der Waals surface area contributed by atoms with Crippen molar-refractivity contribution in [3.8, 4) is 11.5 Å². The van der Waals surface area contributed by atoms with Crippen LogP contribution in [0.3, 0.4) is 0 Å². The van der Waals surface area contributed by atoms with Crippen molar-refractivity contribution < 1.29 is 37.3 Å². The van der Waals surface area contributed by atoms with Gasteiger partial charge in [-0.1, -0.05) is 103 Å². The van der Waals surface area contributed by atoms with E-state index in [1.165, 1.54) is 23.3 Å². The van der Waals surface area contributed by atoms with Gasteiger partial charge in [0.25, 0.3) is 0 Å². The normalized spacial score (nSPS) is 20.0. The van der Waals surface area contributed by atoms with Crippen LogP contribution in [-0.4, -0.2) is 63.8 Å². The molecule has 0 radical (unpaired) electrons. The van der Waals surface area contributed by atoms with Crippen LogP contribution in [-0.2, 0) is 56.8 Å². The number of nitrogens with one attached hydrogen (secondary N) is 2. The lowest BCUT2D eigenvalue weighted by Crippen LogP contribution is -2.47. The summed E-state index contributed by atoms with van der Waals surface area (Å²) < 4.78 is 54.0. The van der Waals surface area contributed by atoms with Crippen LogP contribution in [0.25, 0.3) is 0 Å². The molecule has 2 aliphatic rings. The molecule has 12 heteroatoms. The molecule has 2 heterocycles. The van der Waals surface area contributed by atoms with E-state index in [1.807, 2.05) is 85.8 Å². The highest BCUT2D eigenvalue weighted by Crippen LogP contribution is 2.42. The van der Waals surface area contributed by atoms with Gasteiger partial charge >= 0.3 is 0 Å². The van der Waals surface area contributed by atoms with Crippen molar-refractivity contribution in [3.05, 3.63) is 160 Å². The van der Waals surface area contributed by atoms with E-state index in [1.54, 1.807) is 26.4 Å². The fourth-order valence-electron chi connectivity index (χ4n) is 7.80. The maximum Gasteiger partial charge on any atom is 0.241 e. The number of aliphatic hydroxyl groups excluding tert-OH is 1. The van der Waals surface area contributed by atoms with Crippen LogP contribution in [0.4, 0.5) is 0 Å². The Morgan fingerprint density at radius 3 is 2.14 bits per heavy atom. The van der Waals surface area contributed by atoms with Gasteiger partial charge in [-0.15, -0.1) is 0 Å². The second kappa shape index (κ2) is 18.9. The first-order chi connectivity index (χ1) is 28.5. The number of sulfonamides is 1. The Balaban J connectivity index is 1.06. The molecule has 1 fully saturated rings. The van der Waals surface area contributed by atoms with Crippen molar-refractivity contribution >= 4 is 15.9 Å². The molecule has 0 saturated carbocycles. The van der Waals surface area contributed by atoms with Crippen molar-refractivity contribution in [2.75, 3.05) is 27.3 Å². The van der Waals surface area contributed by atoms with Crippen LogP contribution in [0.5, 0.6) is 11.5 Å². The maximum absolute atomic E-state index is 13.7. The number of carbonyl (C=O) groups excluding carboxylic acids is 1. The molecule has 7 rings (SSSR count). The Labute approximate surface area is 347 Å². The highest BCUT2D eigenvalue weighted by atomic mass is 32.2. The minimum Gasteiger partial charge on any atom is -0.493 e. The molecule has 0 bridgehead atoms. The second-order valence-electron chi connectivity index (χ2n) is 15.4. The number of methoxy groups -OCH3 is 2. The van der Waals surface area contributed by atoms with Crippen LogP contribution in [0.15, 0.2) is 120 Å². The number of hydrogen-bond acceptors (Lipinski definition) is 9. The topological polar surface area (TPSA) is 136 Å². The van der Waals surface area contributed by atoms with E-state index in [9.17, 15) is 18.3 Å². The molecular formula is C47H53N3O8S. The lowest BCUT2D eigenvalue weighted by molar-refractivity contribution is -0.276. The average Bonchev–Trinajstić information content (AvgIpc) is 3.26. The first-order valence-electron chi connectivity index (χ1n) is 20.0. The molecule has 2 aliphatic heterocycles. The largest absolute Gasteiger partial charge is 0.493 e. The SMILES string of the molecule is COc1cc2c(cc1OC)CN(C[C@H]1OC(c3ccc(CNC(=O)[C@@H](Cc4ccccc4)NS(=O)(=O)c4ccc(C)cc4)cc3)O[C@@H](c3ccc(CO)cc3)[C@H]1C)CC2. The zero-order chi connectivity index (χ0) is 41.5. The maximum atomic E-state index is 13.7. The van der Waals surface area contributed by atoms with E-state index in [2.05, 4.69) is 34.0 Å². The van der Waals surface area contributed by atoms with Gasteiger partial charge in [-0.2, -0.15) is 4.72 Å². The van der Waals surface area contributed by atoms with Crippen LogP contribution in [0.1, 0.15) is 63.8 Å². The molecule has 0 aliphatic carbocycles. The monoisotopic (exact) mass is 819 g/mol. The Morgan fingerprint density at radius 2 is 1.47 bits per heavy atom. The number of benzene rings is 5. The summed E-state index contributed by atoms with van der Waals surface area (Å²) in [6.45, 7) is 6.52. The number of amides is 1. The summed E-state index contributed by atoms with van der Waals surface area (Å²) >= 11 is 0. The lowest BCUT2D eigenvalue weighted by atomic mass is 9.89. The van der Waals surface area contributed by atoms with Crippen LogP contribution >= 0.6 is 0 Å². The highest BCUT2D eigenvalue weighted by Gasteiger charge is 2.39. The van der Waals surface area contributed by atoms with Gasteiger partial charge in [0.1, 0.15) is 6.04 Å². The van der Waals surface area contributed by atoms with E-state index < -0.39 is 28.3 Å². The quantitative estimate of drug-likeness (QED) is 0.107. The Bertz CT molecular complexity index is 2290. The highest BCUT2D eigenvalue weighted by molar-refractivity contribution is 7.89. The number of nitrogens with zero attached hydrogens (tertiary/aromatic N) is 1. The molecule has 1 amide bonds. The predicted octanol–water partition coefficient (Wildman–Crippen LogP) is 6.56. The van der Waals surface area contributed by atoms with E-state index in [4.69, 9.17) is 18.9 Å². The molecule has 3 N–H and O–H groups in total. The van der Waals surface area contributed by atoms with E-state index in [0.29, 0.717) is 12.3 Å². The number of fused-ring (bicyclic) bond motifs is 1. The standard InChI is InChI=1S/C47H53N3O8S/c1-31-10-20-40(21-11-31)59(53,54)49-41(24-33-8-6-5-7-9-33)46(52)48-27-34-12-18-37(19-13-34)47-57-44(32(2)45(58-47)36-16-14-35(30-51)15-17-36)29-50-23-22-38-25-42(55-3)43(56-4)26-39(38)28-50/h5-21,25-26,32,41,44-45,47,49,51H,22-24,27-30H2,1-4H3,(H,48,52)/t32-,41+,44+,45+,47?/m0/s1. The van der Waals surface area contributed by atoms with Crippen molar-refractivity contribution in [2.45, 2.75) is 75.8 Å². The molecule has 1 saturated heterocycles. The summed E-state index contributed by atoms with van der Waals surface area (Å²) in [7, 11) is -0.658. The fraction of sp³-hybridized carbons (Fsp3) is 0.340. The van der Waals surface area contributed by atoms with Crippen molar-refractivity contribution in [1.29, 1.82) is 0 Å². The summed E-state index contributed by atoms with van der Waals surface area (Å²) in [6, 6.07) is 34.6. The van der Waals surface area contributed by atoms with Gasteiger partial charge in [0.15, 0.2) is 17.8 Å². The third-order valence-corrected chi connectivity index (χ3v) is 12.8. The van der Waals surface area contributed by atoms with Crippen molar-refractivity contribution in [1.82, 2.24) is 14.9 Å². The smallest absolute Gasteiger partial charge is 0.241 e. The molecule has 1 unspecified atom stereocenters. The minimum absolute atomic E-state index is 0.0137. The summed E-state index contributed by atoms with van der Waals surface area (Å²) in [5.74, 6) is 1.03. The molecule has 0 spiro atoms. The Kier molecular flexibility index (Phi) is 13.5. The first-order valence-corrected chi connectivity index (χ1v) is 21.5. The van der Waals surface area contributed by atoms with Crippen molar-refractivity contribution in [3.63, 3.8) is 0 Å². The molecule has 11 nitrogen and oxygen atoms in total. The minimum atomic E-state index is -3.97. The fourth-order valence-corrected chi connectivity index (χ4v) is 8.99. The second-order valence-corrected chi connectivity index (χ2v) is 17.1. The van der Waals surface area contributed by atoms with Gasteiger partial charge in [-0.25, -0.2) is 8.42 Å². The van der Waals surface area contributed by atoms with Gasteiger partial charge in [-0.3, -0.25) is 9.69 Å². The summed E-state index contributed by atoms with van der Waals surface area (Å²) in [4.78, 5) is 16.2. The van der Waals surface area contributed by atoms with Crippen molar-refractivity contribution in [2.24, 2.45) is 5.92 Å². The number of aliphatic hydroxyl groups is 1. The zero-order valence-electron chi connectivity index (χ0n) is 34.0. The van der Waals surface area contributed by atoms with E-state index in [-0.39, 0.29) is 42.6 Å². The zero-order valence-corrected chi connectivity index (χ0v) is 34.8. The van der Waals surface area contributed by atoms with Gasteiger partial charge in [0.05, 0.1) is 37.9 Å². The summed E-state index contributed by atoms with van der Waals surface area (Å²) in [6.07, 6.45) is -0.0231. The molecule has 5 aromatic carbocycles. The van der Waals surface area contributed by atoms with Gasteiger partial charge < -0.3 is 29.4 Å². The van der Waals surface area contributed by atoms with Crippen LogP contribution in [0.2, 0.25) is 0 Å². The van der Waals surface area contributed by atoms with E-state index >= 15 is 0 Å². The molecule has 5 aromatic rings. The summed E-state index contributed by atoms with van der Waals surface area (Å²) in [5, 5.41) is 12.6. The third kappa shape index (κ3) is 10.2. The molecule has 59 heavy (non-hydrogen) atoms. The Morgan fingerprint density at radius 1 is 0.831 bits per heavy atom. The van der Waals surface area contributed by atoms with E-state index in [0.717, 1.165) is 58.6 Å². The van der Waals surface area contributed by atoms with Crippen LogP contribution in [0, 0.1) is 12.8 Å². The van der Waals surface area contributed by atoms with Gasteiger partial charge in [0, 0.05) is 37.7 Å². The predicted molar refractivity (Wildman–Crippen MR) is 225 cm³/mol. The third-order valence-electron chi connectivity index (χ3n) is 11.3. The number of aryl methyl sites for hydroxylation is 1. The number of carbonyl (C=O) groups is 1. The van der Waals surface area contributed by atoms with Crippen LogP contribution < -0.4 is 19.5 Å². The molecule has 0 aromatic heterocycles. The number of rotatable bonds is 15. The van der Waals surface area contributed by atoms with Gasteiger partial charge in [-0.05, 0) is 77.4 Å². The number of hydrogen-bond donors (Lipinski definition) is 3. The lowest BCUT2D eigenvalue weighted by Gasteiger charge is -2.43. The molecular weight excluding hydrogens is 767 g/mol. The summed E-state index contributed by atoms with van der Waals surface area (Å²) in [5.41, 5.74) is 7.74. The molecule has 5 atom stereocenters.